The zero-order valence-electron chi connectivity index (χ0n) is 6.18. The van der Waals surface area contributed by atoms with Crippen molar-refractivity contribution >= 4 is 27.0 Å². The molecule has 2 N–H and O–H groups in total. The number of nitrogens with zero attached hydrogens (tertiary/aromatic N) is 2. The summed E-state index contributed by atoms with van der Waals surface area (Å²) in [4.78, 5) is 17.9. The maximum atomic E-state index is 11.3. The minimum absolute atomic E-state index is 0.182. The average molecular weight is 229 g/mol. The molecule has 0 amide bonds. The molecule has 2 rings (SSSR count). The second kappa shape index (κ2) is 2.41. The molecule has 0 bridgehead atoms. The molecule has 0 aliphatic carbocycles. The van der Waals surface area contributed by atoms with Gasteiger partial charge in [-0.25, -0.2) is 4.98 Å². The molecule has 6 heteroatoms. The third-order valence-corrected chi connectivity index (χ3v) is 2.07. The van der Waals surface area contributed by atoms with Crippen LogP contribution in [0.25, 0.3) is 11.0 Å². The summed E-state index contributed by atoms with van der Waals surface area (Å²) in [6, 6.07) is 0. The van der Waals surface area contributed by atoms with E-state index >= 15 is 0 Å². The molecule has 0 saturated carbocycles. The Labute approximate surface area is 75.3 Å². The molecule has 0 spiro atoms. The maximum absolute atomic E-state index is 11.3. The fraction of sp³-hybridized carbons (Fsp3) is 0.167. The summed E-state index contributed by atoms with van der Waals surface area (Å²) < 4.78 is 0.561. The van der Waals surface area contributed by atoms with Gasteiger partial charge in [0, 0.05) is 0 Å². The van der Waals surface area contributed by atoms with Gasteiger partial charge in [0.15, 0.2) is 5.65 Å². The van der Waals surface area contributed by atoms with Crippen LogP contribution in [0.2, 0.25) is 0 Å². The summed E-state index contributed by atoms with van der Waals surface area (Å²) in [6.45, 7) is 1.71. The second-order valence-corrected chi connectivity index (χ2v) is 3.18. The van der Waals surface area contributed by atoms with Crippen LogP contribution in [0.4, 0.5) is 0 Å². The molecular weight excluding hydrogens is 224 g/mol. The highest BCUT2D eigenvalue weighted by Crippen LogP contribution is 2.13. The predicted octanol–water partition coefficient (Wildman–Crippen LogP) is 0.717. The van der Waals surface area contributed by atoms with Crippen LogP contribution in [0, 0.1) is 6.92 Å². The highest BCUT2D eigenvalue weighted by molar-refractivity contribution is 9.10. The molecular formula is C6H5BrN4O. The van der Waals surface area contributed by atoms with Crippen LogP contribution >= 0.6 is 15.9 Å². The van der Waals surface area contributed by atoms with E-state index in [0.29, 0.717) is 21.5 Å². The standard InChI is InChI=1S/C6H5BrN4O/c1-2-8-5-3(6(12)9-2)4(7)10-11-5/h1H3,(H2,8,9,10,11,12). The molecule has 0 unspecified atom stereocenters. The van der Waals surface area contributed by atoms with E-state index in [1.807, 2.05) is 0 Å². The molecule has 0 aliphatic rings. The van der Waals surface area contributed by atoms with Gasteiger partial charge in [0.25, 0.3) is 5.56 Å². The highest BCUT2D eigenvalue weighted by Gasteiger charge is 2.07. The zero-order chi connectivity index (χ0) is 8.72. The topological polar surface area (TPSA) is 74.4 Å². The van der Waals surface area contributed by atoms with E-state index in [2.05, 4.69) is 36.1 Å². The van der Waals surface area contributed by atoms with Crippen molar-refractivity contribution in [2.45, 2.75) is 6.92 Å². The van der Waals surface area contributed by atoms with Crippen molar-refractivity contribution in [3.05, 3.63) is 20.8 Å². The second-order valence-electron chi connectivity index (χ2n) is 2.39. The van der Waals surface area contributed by atoms with Gasteiger partial charge >= 0.3 is 0 Å². The van der Waals surface area contributed by atoms with Crippen LogP contribution in [0.1, 0.15) is 5.82 Å². The number of aromatic amines is 2. The van der Waals surface area contributed by atoms with Gasteiger partial charge in [0.05, 0.1) is 0 Å². The Morgan fingerprint density at radius 2 is 2.25 bits per heavy atom. The Balaban J connectivity index is 3.03. The summed E-state index contributed by atoms with van der Waals surface area (Å²) in [5.74, 6) is 0.562. The van der Waals surface area contributed by atoms with Crippen LogP contribution in [0.5, 0.6) is 0 Å². The number of H-pyrrole nitrogens is 2. The molecule has 0 saturated heterocycles. The van der Waals surface area contributed by atoms with Crippen molar-refractivity contribution < 1.29 is 0 Å². The minimum Gasteiger partial charge on any atom is -0.310 e. The van der Waals surface area contributed by atoms with E-state index in [0.717, 1.165) is 0 Å². The lowest BCUT2D eigenvalue weighted by molar-refractivity contribution is 1.03. The van der Waals surface area contributed by atoms with Crippen LogP contribution in [0.15, 0.2) is 9.40 Å². The Kier molecular flexibility index (Phi) is 1.50. The number of hydrogen-bond donors (Lipinski definition) is 2. The van der Waals surface area contributed by atoms with Crippen molar-refractivity contribution in [2.75, 3.05) is 0 Å². The largest absolute Gasteiger partial charge is 0.310 e. The lowest BCUT2D eigenvalue weighted by Gasteiger charge is -1.89. The fourth-order valence-electron chi connectivity index (χ4n) is 1.01. The number of aromatic nitrogens is 4. The minimum atomic E-state index is -0.182. The number of nitrogens with one attached hydrogen (secondary N) is 2. The van der Waals surface area contributed by atoms with E-state index in [-0.39, 0.29) is 5.56 Å². The molecule has 2 aromatic rings. The summed E-state index contributed by atoms with van der Waals surface area (Å²) in [5.41, 5.74) is 0.251. The predicted molar refractivity (Wildman–Crippen MR) is 46.9 cm³/mol. The first kappa shape index (κ1) is 7.48. The Morgan fingerprint density at radius 1 is 1.50 bits per heavy atom. The fourth-order valence-corrected chi connectivity index (χ4v) is 1.45. The van der Waals surface area contributed by atoms with Crippen LogP contribution in [-0.2, 0) is 0 Å². The van der Waals surface area contributed by atoms with Gasteiger partial charge in [-0.3, -0.25) is 9.89 Å². The molecule has 0 aromatic carbocycles. The van der Waals surface area contributed by atoms with Gasteiger partial charge < -0.3 is 4.98 Å². The Morgan fingerprint density at radius 3 is 3.00 bits per heavy atom. The third-order valence-electron chi connectivity index (χ3n) is 1.50. The quantitative estimate of drug-likeness (QED) is 0.698. The molecule has 0 radical (unpaired) electrons. The smallest absolute Gasteiger partial charge is 0.263 e. The summed E-state index contributed by atoms with van der Waals surface area (Å²) >= 11 is 3.16. The molecule has 5 nitrogen and oxygen atoms in total. The van der Waals surface area contributed by atoms with Gasteiger partial charge in [0.1, 0.15) is 15.8 Å². The van der Waals surface area contributed by atoms with Gasteiger partial charge in [0.2, 0.25) is 0 Å². The van der Waals surface area contributed by atoms with Gasteiger partial charge in [-0.1, -0.05) is 0 Å². The van der Waals surface area contributed by atoms with Crippen molar-refractivity contribution in [2.24, 2.45) is 0 Å². The number of halogens is 1. The Bertz CT molecular complexity index is 486. The first-order valence-corrected chi connectivity index (χ1v) is 4.08. The molecule has 2 heterocycles. The van der Waals surface area contributed by atoms with E-state index in [1.165, 1.54) is 0 Å². The lowest BCUT2D eigenvalue weighted by atomic mass is 10.4. The van der Waals surface area contributed by atoms with Gasteiger partial charge in [-0.05, 0) is 22.9 Å². The van der Waals surface area contributed by atoms with Crippen molar-refractivity contribution in [3.63, 3.8) is 0 Å². The molecule has 12 heavy (non-hydrogen) atoms. The first-order valence-electron chi connectivity index (χ1n) is 3.29. The summed E-state index contributed by atoms with van der Waals surface area (Å²) in [7, 11) is 0. The van der Waals surface area contributed by atoms with E-state index < -0.39 is 0 Å². The first-order chi connectivity index (χ1) is 5.68. The SMILES string of the molecule is Cc1nc2n[nH]c(Br)c2c(=O)[nH]1. The monoisotopic (exact) mass is 228 g/mol. The van der Waals surface area contributed by atoms with E-state index in [4.69, 9.17) is 0 Å². The zero-order valence-corrected chi connectivity index (χ0v) is 7.77. The number of fused-ring (bicyclic) bond motifs is 1. The van der Waals surface area contributed by atoms with Crippen LogP contribution in [-0.4, -0.2) is 20.2 Å². The average Bonchev–Trinajstić information content (AvgIpc) is 2.31. The van der Waals surface area contributed by atoms with Crippen molar-refractivity contribution in [1.29, 1.82) is 0 Å². The molecule has 62 valence electrons. The van der Waals surface area contributed by atoms with Crippen molar-refractivity contribution in [3.8, 4) is 0 Å². The number of aryl methyl sites for hydroxylation is 1. The number of hydrogen-bond acceptors (Lipinski definition) is 3. The lowest BCUT2D eigenvalue weighted by Crippen LogP contribution is -2.08. The molecule has 0 fully saturated rings. The van der Waals surface area contributed by atoms with Crippen LogP contribution in [0.3, 0.4) is 0 Å². The normalized spacial score (nSPS) is 10.8. The summed E-state index contributed by atoms with van der Waals surface area (Å²) in [5, 5.41) is 6.92. The van der Waals surface area contributed by atoms with Gasteiger partial charge in [-0.2, -0.15) is 5.10 Å². The van der Waals surface area contributed by atoms with Crippen LogP contribution < -0.4 is 5.56 Å². The highest BCUT2D eigenvalue weighted by atomic mass is 79.9. The maximum Gasteiger partial charge on any atom is 0.263 e. The molecule has 0 aliphatic heterocycles. The van der Waals surface area contributed by atoms with Gasteiger partial charge in [-0.15, -0.1) is 0 Å². The van der Waals surface area contributed by atoms with E-state index in [9.17, 15) is 4.79 Å². The number of rotatable bonds is 0. The molecule has 2 aromatic heterocycles. The van der Waals surface area contributed by atoms with E-state index in [1.54, 1.807) is 6.92 Å². The summed E-state index contributed by atoms with van der Waals surface area (Å²) in [6.07, 6.45) is 0. The van der Waals surface area contributed by atoms with Crippen molar-refractivity contribution in [1.82, 2.24) is 20.2 Å². The third kappa shape index (κ3) is 0.953. The Hall–Kier alpha value is -1.17. The molecule has 0 atom stereocenters.